The minimum Gasteiger partial charge on any atom is -0.432 e. The van der Waals surface area contributed by atoms with Gasteiger partial charge in [-0.3, -0.25) is 0 Å². The fourth-order valence-corrected chi connectivity index (χ4v) is 4.42. The lowest BCUT2D eigenvalue weighted by Gasteiger charge is -2.33. The third kappa shape index (κ3) is 4.24. The van der Waals surface area contributed by atoms with Crippen molar-refractivity contribution >= 4 is 28.0 Å². The minimum atomic E-state index is -0.590. The highest BCUT2D eigenvalue weighted by Crippen LogP contribution is 2.40. The predicted octanol–water partition coefficient (Wildman–Crippen LogP) is 3.14. The summed E-state index contributed by atoms with van der Waals surface area (Å²) in [4.78, 5) is 15.7. The highest BCUT2D eigenvalue weighted by molar-refractivity contribution is 6.06. The molecule has 8 heteroatoms. The lowest BCUT2D eigenvalue weighted by molar-refractivity contribution is -0.0401. The third-order valence-corrected chi connectivity index (χ3v) is 5.65. The maximum absolute atomic E-state index is 10.00. The molecule has 0 spiro atoms. The molecule has 0 saturated carbocycles. The van der Waals surface area contributed by atoms with Gasteiger partial charge in [0.15, 0.2) is 11.4 Å². The molecule has 4 rings (SSSR count). The zero-order chi connectivity index (χ0) is 22.3. The molecule has 8 nitrogen and oxygen atoms in total. The van der Waals surface area contributed by atoms with Crippen molar-refractivity contribution in [3.63, 3.8) is 0 Å². The number of rotatable bonds is 7. The van der Waals surface area contributed by atoms with Gasteiger partial charge in [-0.15, -0.1) is 0 Å². The van der Waals surface area contributed by atoms with Crippen molar-refractivity contribution in [2.75, 3.05) is 18.0 Å². The first-order chi connectivity index (χ1) is 14.7. The van der Waals surface area contributed by atoms with E-state index in [4.69, 9.17) is 14.1 Å². The van der Waals surface area contributed by atoms with Crippen LogP contribution in [-0.2, 0) is 24.2 Å². The fourth-order valence-electron chi connectivity index (χ4n) is 4.42. The Morgan fingerprint density at radius 1 is 1.13 bits per heavy atom. The first kappa shape index (κ1) is 21.9. The molecule has 3 aromatic rings. The number of aliphatic hydroxyl groups excluding tert-OH is 2. The summed E-state index contributed by atoms with van der Waals surface area (Å²) < 4.78 is 12.4. The average molecular weight is 429 g/mol. The van der Waals surface area contributed by atoms with E-state index in [1.165, 1.54) is 11.9 Å². The Labute approximate surface area is 182 Å². The normalized spacial score (nSPS) is 17.6. The van der Waals surface area contributed by atoms with Crippen LogP contribution >= 0.6 is 0 Å². The first-order valence-corrected chi connectivity index (χ1v) is 11.0. The molecule has 3 aromatic heterocycles. The van der Waals surface area contributed by atoms with E-state index in [0.29, 0.717) is 42.3 Å². The van der Waals surface area contributed by atoms with Crippen LogP contribution in [0.15, 0.2) is 10.7 Å². The summed E-state index contributed by atoms with van der Waals surface area (Å²) in [6, 6.07) is 0. The van der Waals surface area contributed by atoms with Crippen LogP contribution in [0.4, 0.5) is 5.82 Å². The van der Waals surface area contributed by atoms with Crippen LogP contribution in [0, 0.1) is 0 Å². The van der Waals surface area contributed by atoms with E-state index >= 15 is 0 Å². The van der Waals surface area contributed by atoms with Gasteiger partial charge in [0.25, 0.3) is 0 Å². The van der Waals surface area contributed by atoms with Gasteiger partial charge in [-0.25, -0.2) is 15.0 Å². The Morgan fingerprint density at radius 3 is 2.48 bits per heavy atom. The second-order valence-electron chi connectivity index (χ2n) is 9.25. The molecule has 0 bridgehead atoms. The number of pyridine rings is 1. The summed E-state index contributed by atoms with van der Waals surface area (Å²) in [5, 5.41) is 20.9. The molecule has 1 aliphatic heterocycles. The number of hydrogen-bond donors (Lipinski definition) is 2. The van der Waals surface area contributed by atoms with Crippen molar-refractivity contribution in [2.45, 2.75) is 78.3 Å². The van der Waals surface area contributed by atoms with Crippen LogP contribution < -0.4 is 4.90 Å². The molecule has 0 unspecified atom stereocenters. The quantitative estimate of drug-likeness (QED) is 0.591. The van der Waals surface area contributed by atoms with Crippen molar-refractivity contribution in [1.29, 1.82) is 0 Å². The fraction of sp³-hybridized carbons (Fsp3) is 0.609. The van der Waals surface area contributed by atoms with Crippen LogP contribution in [0.2, 0.25) is 0 Å². The van der Waals surface area contributed by atoms with Crippen molar-refractivity contribution in [1.82, 2.24) is 15.0 Å². The average Bonchev–Trinajstić information content (AvgIpc) is 3.04. The van der Waals surface area contributed by atoms with Crippen molar-refractivity contribution in [3.8, 4) is 0 Å². The maximum atomic E-state index is 10.00. The van der Waals surface area contributed by atoms with Crippen LogP contribution in [0.1, 0.15) is 57.9 Å². The van der Waals surface area contributed by atoms with Gasteiger partial charge in [-0.05, 0) is 39.7 Å². The summed E-state index contributed by atoms with van der Waals surface area (Å²) in [7, 11) is 0. The number of anilines is 1. The SMILES string of the molecule is CCCc1nc2oc3c(N(C[C@@H](C)O)C[C@@H](C)O)ncnc3c2c2c1COC(C)(C)C2. The molecule has 2 atom stereocenters. The van der Waals surface area contributed by atoms with Crippen LogP contribution in [0.25, 0.3) is 22.2 Å². The number of furan rings is 1. The van der Waals surface area contributed by atoms with Gasteiger partial charge in [0.05, 0.1) is 35.5 Å². The molecular weight excluding hydrogens is 396 g/mol. The van der Waals surface area contributed by atoms with Gasteiger partial charge in [0.2, 0.25) is 5.71 Å². The number of nitrogens with zero attached hydrogens (tertiary/aromatic N) is 4. The Bertz CT molecular complexity index is 1080. The summed E-state index contributed by atoms with van der Waals surface area (Å²) in [5.74, 6) is 0.557. The van der Waals surface area contributed by atoms with Gasteiger partial charge >= 0.3 is 0 Å². The van der Waals surface area contributed by atoms with E-state index in [-0.39, 0.29) is 5.60 Å². The van der Waals surface area contributed by atoms with E-state index in [9.17, 15) is 10.2 Å². The predicted molar refractivity (Wildman–Crippen MR) is 119 cm³/mol. The smallest absolute Gasteiger partial charge is 0.229 e. The highest BCUT2D eigenvalue weighted by Gasteiger charge is 2.32. The molecule has 4 heterocycles. The first-order valence-electron chi connectivity index (χ1n) is 11.0. The number of fused-ring (bicyclic) bond motifs is 5. The van der Waals surface area contributed by atoms with Gasteiger partial charge in [-0.1, -0.05) is 13.3 Å². The topological polar surface area (TPSA) is 105 Å². The third-order valence-electron chi connectivity index (χ3n) is 5.65. The van der Waals surface area contributed by atoms with Gasteiger partial charge < -0.3 is 24.3 Å². The molecule has 0 aliphatic carbocycles. The second-order valence-corrected chi connectivity index (χ2v) is 9.25. The molecule has 1 aliphatic rings. The number of aliphatic hydroxyl groups is 2. The number of aryl methyl sites for hydroxylation is 1. The molecule has 0 aromatic carbocycles. The van der Waals surface area contributed by atoms with Crippen LogP contribution in [0.3, 0.4) is 0 Å². The maximum Gasteiger partial charge on any atom is 0.229 e. The Hall–Kier alpha value is -2.29. The number of ether oxygens (including phenoxy) is 1. The number of hydrogen-bond acceptors (Lipinski definition) is 8. The van der Waals surface area contributed by atoms with Crippen LogP contribution in [0.5, 0.6) is 0 Å². The Kier molecular flexibility index (Phi) is 5.89. The molecular formula is C23H32N4O4. The lowest BCUT2D eigenvalue weighted by atomic mass is 9.88. The van der Waals surface area contributed by atoms with E-state index in [1.54, 1.807) is 13.8 Å². The van der Waals surface area contributed by atoms with Gasteiger partial charge in [0.1, 0.15) is 11.8 Å². The number of aromatic nitrogens is 3. The van der Waals surface area contributed by atoms with Gasteiger partial charge in [-0.2, -0.15) is 0 Å². The van der Waals surface area contributed by atoms with Crippen LogP contribution in [-0.4, -0.2) is 56.1 Å². The van der Waals surface area contributed by atoms with Gasteiger partial charge in [0, 0.05) is 25.1 Å². The van der Waals surface area contributed by atoms with E-state index in [1.807, 2.05) is 4.90 Å². The summed E-state index contributed by atoms with van der Waals surface area (Å²) in [6.45, 7) is 10.9. The lowest BCUT2D eigenvalue weighted by Crippen LogP contribution is -2.37. The van der Waals surface area contributed by atoms with Crippen molar-refractivity contribution < 1.29 is 19.4 Å². The monoisotopic (exact) mass is 428 g/mol. The zero-order valence-corrected chi connectivity index (χ0v) is 19.0. The molecule has 0 amide bonds. The molecule has 31 heavy (non-hydrogen) atoms. The zero-order valence-electron chi connectivity index (χ0n) is 19.0. The van der Waals surface area contributed by atoms with E-state index in [0.717, 1.165) is 35.9 Å². The summed E-state index contributed by atoms with van der Waals surface area (Å²) in [6.07, 6.45) is 2.92. The largest absolute Gasteiger partial charge is 0.432 e. The minimum absolute atomic E-state index is 0.283. The second kappa shape index (κ2) is 8.33. The molecule has 0 saturated heterocycles. The standard InChI is InChI=1S/C23H32N4O4/c1-6-7-17-16-11-30-23(4,5)8-15(16)18-19-20(31-22(18)26-17)21(25-12-24-19)27(9-13(2)28)10-14(3)29/h12-14,28-29H,6-11H2,1-5H3/t13-,14-/m1/s1. The summed E-state index contributed by atoms with van der Waals surface area (Å²) >= 11 is 0. The summed E-state index contributed by atoms with van der Waals surface area (Å²) in [5.41, 5.74) is 4.86. The van der Waals surface area contributed by atoms with E-state index in [2.05, 4.69) is 30.7 Å². The Morgan fingerprint density at radius 2 is 1.84 bits per heavy atom. The van der Waals surface area contributed by atoms with Crippen molar-refractivity contribution in [3.05, 3.63) is 23.1 Å². The molecule has 168 valence electrons. The van der Waals surface area contributed by atoms with E-state index < -0.39 is 12.2 Å². The Balaban J connectivity index is 1.96. The highest BCUT2D eigenvalue weighted by atomic mass is 16.5. The molecule has 0 fully saturated rings. The van der Waals surface area contributed by atoms with Crippen molar-refractivity contribution in [2.24, 2.45) is 0 Å². The molecule has 0 radical (unpaired) electrons. The molecule has 2 N–H and O–H groups in total.